The Hall–Kier alpha value is -1.84. The molecule has 18 heavy (non-hydrogen) atoms. The number of carbonyl (C=O) groups excluding carboxylic acids is 1. The molecule has 4 nitrogen and oxygen atoms in total. The molecule has 2 rings (SSSR count). The first-order chi connectivity index (χ1) is 8.71. The van der Waals surface area contributed by atoms with Gasteiger partial charge >= 0.3 is 0 Å². The second kappa shape index (κ2) is 4.12. The number of imidazole rings is 1. The topological polar surface area (TPSA) is 46.4 Å². The standard InChI is InChI=1S/C14H19N3O/c1-9-10(2)17-8-6-7-11(12(17)15-9)16-13(18)14(3,4)5/h6-8H,1-5H3,(H,16,18)/i7D. The highest BCUT2D eigenvalue weighted by atomic mass is 16.2. The largest absolute Gasteiger partial charge is 0.322 e. The summed E-state index contributed by atoms with van der Waals surface area (Å²) >= 11 is 0. The maximum absolute atomic E-state index is 12.1. The molecule has 0 aromatic carbocycles. The molecule has 0 atom stereocenters. The number of fused-ring (bicyclic) bond motifs is 1. The lowest BCUT2D eigenvalue weighted by molar-refractivity contribution is -0.123. The summed E-state index contributed by atoms with van der Waals surface area (Å²) in [7, 11) is 0. The Morgan fingerprint density at radius 2 is 2.11 bits per heavy atom. The number of nitrogens with one attached hydrogen (secondary N) is 1. The second-order valence-electron chi connectivity index (χ2n) is 5.52. The van der Waals surface area contributed by atoms with Crippen LogP contribution in [0.25, 0.3) is 5.65 Å². The smallest absolute Gasteiger partial charge is 0.229 e. The van der Waals surface area contributed by atoms with E-state index in [1.807, 2.05) is 39.0 Å². The van der Waals surface area contributed by atoms with Gasteiger partial charge in [-0.1, -0.05) is 20.8 Å². The van der Waals surface area contributed by atoms with Crippen LogP contribution in [0.1, 0.15) is 33.5 Å². The third-order valence-electron chi connectivity index (χ3n) is 2.98. The Morgan fingerprint density at radius 1 is 1.44 bits per heavy atom. The Kier molecular flexibility index (Phi) is 2.58. The highest BCUT2D eigenvalue weighted by Gasteiger charge is 2.22. The fourth-order valence-corrected chi connectivity index (χ4v) is 1.64. The number of amides is 1. The number of nitrogens with zero attached hydrogens (tertiary/aromatic N) is 2. The van der Waals surface area contributed by atoms with E-state index in [4.69, 9.17) is 1.37 Å². The minimum absolute atomic E-state index is 0.118. The summed E-state index contributed by atoms with van der Waals surface area (Å²) in [5, 5.41) is 2.82. The van der Waals surface area contributed by atoms with Gasteiger partial charge in [-0.2, -0.15) is 0 Å². The number of carbonyl (C=O) groups is 1. The molecule has 0 aliphatic heterocycles. The molecule has 0 aliphatic rings. The van der Waals surface area contributed by atoms with E-state index in [1.54, 1.807) is 12.3 Å². The molecule has 96 valence electrons. The zero-order valence-electron chi connectivity index (χ0n) is 12.5. The summed E-state index contributed by atoms with van der Waals surface area (Å²) in [6.07, 6.45) is 1.81. The van der Waals surface area contributed by atoms with E-state index < -0.39 is 5.41 Å². The molecule has 0 fully saturated rings. The van der Waals surface area contributed by atoms with Crippen molar-refractivity contribution in [3.63, 3.8) is 0 Å². The first-order valence-electron chi connectivity index (χ1n) is 6.48. The number of rotatable bonds is 1. The normalized spacial score (nSPS) is 12.6. The lowest BCUT2D eigenvalue weighted by Gasteiger charge is -2.17. The molecule has 0 saturated carbocycles. The SMILES string of the molecule is [2H]c1ccn2c(C)c(C)nc2c1NC(=O)C(C)(C)C. The van der Waals surface area contributed by atoms with Gasteiger partial charge in [0.25, 0.3) is 0 Å². The fraction of sp³-hybridized carbons (Fsp3) is 0.429. The van der Waals surface area contributed by atoms with Gasteiger partial charge in [0.05, 0.1) is 12.8 Å². The molecule has 4 heteroatoms. The molecular formula is C14H19N3O. The van der Waals surface area contributed by atoms with Crippen LogP contribution in [0.4, 0.5) is 5.69 Å². The van der Waals surface area contributed by atoms with Crippen molar-refractivity contribution < 1.29 is 6.17 Å². The molecule has 0 saturated heterocycles. The number of pyridine rings is 1. The highest BCUT2D eigenvalue weighted by molar-refractivity contribution is 5.97. The van der Waals surface area contributed by atoms with Gasteiger partial charge in [0, 0.05) is 17.3 Å². The van der Waals surface area contributed by atoms with Gasteiger partial charge in [-0.25, -0.2) is 4.98 Å². The maximum Gasteiger partial charge on any atom is 0.229 e. The number of aryl methyl sites for hydroxylation is 2. The second-order valence-corrected chi connectivity index (χ2v) is 5.52. The van der Waals surface area contributed by atoms with Crippen LogP contribution in [0, 0.1) is 19.3 Å². The van der Waals surface area contributed by atoms with Gasteiger partial charge < -0.3 is 9.72 Å². The predicted octanol–water partition coefficient (Wildman–Crippen LogP) is 2.94. The highest BCUT2D eigenvalue weighted by Crippen LogP contribution is 2.22. The van der Waals surface area contributed by atoms with E-state index in [0.29, 0.717) is 11.3 Å². The molecule has 0 bridgehead atoms. The molecule has 2 aromatic rings. The summed E-state index contributed by atoms with van der Waals surface area (Å²) in [4.78, 5) is 16.5. The molecule has 0 radical (unpaired) electrons. The Balaban J connectivity index is 2.56. The van der Waals surface area contributed by atoms with Crippen LogP contribution in [-0.4, -0.2) is 15.3 Å². The van der Waals surface area contributed by atoms with Crippen molar-refractivity contribution in [1.82, 2.24) is 9.38 Å². The third kappa shape index (κ3) is 2.10. The van der Waals surface area contributed by atoms with E-state index in [1.165, 1.54) is 0 Å². The fourth-order valence-electron chi connectivity index (χ4n) is 1.64. The Morgan fingerprint density at radius 3 is 2.72 bits per heavy atom. The molecule has 0 spiro atoms. The van der Waals surface area contributed by atoms with Crippen molar-refractivity contribution in [1.29, 1.82) is 0 Å². The van der Waals surface area contributed by atoms with E-state index >= 15 is 0 Å². The number of hydrogen-bond acceptors (Lipinski definition) is 2. The van der Waals surface area contributed by atoms with Crippen molar-refractivity contribution in [3.8, 4) is 0 Å². The van der Waals surface area contributed by atoms with Gasteiger partial charge in [0.15, 0.2) is 5.65 Å². The van der Waals surface area contributed by atoms with E-state index in [-0.39, 0.29) is 11.9 Å². The van der Waals surface area contributed by atoms with Gasteiger partial charge in [-0.05, 0) is 26.0 Å². The average Bonchev–Trinajstić information content (AvgIpc) is 2.58. The first-order valence-corrected chi connectivity index (χ1v) is 5.98. The van der Waals surface area contributed by atoms with Crippen LogP contribution in [0.3, 0.4) is 0 Å². The molecule has 1 amide bonds. The molecule has 2 aromatic heterocycles. The van der Waals surface area contributed by atoms with Crippen molar-refractivity contribution in [3.05, 3.63) is 29.7 Å². The minimum Gasteiger partial charge on any atom is -0.322 e. The van der Waals surface area contributed by atoms with Crippen LogP contribution in [-0.2, 0) is 4.79 Å². The molecule has 0 aliphatic carbocycles. The van der Waals surface area contributed by atoms with Gasteiger partial charge in [-0.15, -0.1) is 0 Å². The first kappa shape index (κ1) is 11.3. The lowest BCUT2D eigenvalue weighted by Crippen LogP contribution is -2.27. The Labute approximate surface area is 108 Å². The zero-order chi connectivity index (χ0) is 14.4. The monoisotopic (exact) mass is 246 g/mol. The molecule has 0 unspecified atom stereocenters. The van der Waals surface area contributed by atoms with E-state index in [0.717, 1.165) is 11.4 Å². The van der Waals surface area contributed by atoms with Crippen LogP contribution in [0.5, 0.6) is 0 Å². The lowest BCUT2D eigenvalue weighted by atomic mass is 9.95. The van der Waals surface area contributed by atoms with Crippen molar-refractivity contribution in [2.45, 2.75) is 34.6 Å². The summed E-state index contributed by atoms with van der Waals surface area (Å²) in [6.45, 7) is 9.41. The molecule has 1 N–H and O–H groups in total. The van der Waals surface area contributed by atoms with Crippen molar-refractivity contribution in [2.24, 2.45) is 5.41 Å². The van der Waals surface area contributed by atoms with Crippen molar-refractivity contribution in [2.75, 3.05) is 5.32 Å². The summed E-state index contributed by atoms with van der Waals surface area (Å²) < 4.78 is 9.86. The van der Waals surface area contributed by atoms with Gasteiger partial charge in [-0.3, -0.25) is 4.79 Å². The number of anilines is 1. The zero-order valence-corrected chi connectivity index (χ0v) is 11.5. The predicted molar refractivity (Wildman–Crippen MR) is 72.8 cm³/mol. The summed E-state index contributed by atoms with van der Waals surface area (Å²) in [5.41, 5.74) is 2.51. The molecule has 2 heterocycles. The van der Waals surface area contributed by atoms with Crippen LogP contribution in [0.2, 0.25) is 0 Å². The maximum atomic E-state index is 12.1. The quantitative estimate of drug-likeness (QED) is 0.841. The van der Waals surface area contributed by atoms with Gasteiger partial charge in [0.2, 0.25) is 5.91 Å². The summed E-state index contributed by atoms with van der Waals surface area (Å²) in [5.74, 6) is -0.118. The van der Waals surface area contributed by atoms with Crippen LogP contribution < -0.4 is 5.32 Å². The average molecular weight is 246 g/mol. The minimum atomic E-state index is -0.504. The van der Waals surface area contributed by atoms with Crippen LogP contribution in [0.15, 0.2) is 18.3 Å². The summed E-state index contributed by atoms with van der Waals surface area (Å²) in [6, 6.07) is 1.94. The van der Waals surface area contributed by atoms with E-state index in [9.17, 15) is 4.79 Å². The van der Waals surface area contributed by atoms with Gasteiger partial charge in [0.1, 0.15) is 0 Å². The van der Waals surface area contributed by atoms with E-state index in [2.05, 4.69) is 10.3 Å². The Bertz CT molecular complexity index is 653. The van der Waals surface area contributed by atoms with Crippen molar-refractivity contribution >= 4 is 17.2 Å². The number of hydrogen-bond donors (Lipinski definition) is 1. The van der Waals surface area contributed by atoms with Crippen LogP contribution >= 0.6 is 0 Å². The third-order valence-corrected chi connectivity index (χ3v) is 2.98. The number of aromatic nitrogens is 2. The molecular weight excluding hydrogens is 226 g/mol.